The largest absolute Gasteiger partial charge is 0.326 e. The van der Waals surface area contributed by atoms with E-state index in [1.807, 2.05) is 6.07 Å². The number of nitrogens with two attached hydrogens (primary N) is 1. The van der Waals surface area contributed by atoms with Gasteiger partial charge in [0.2, 0.25) is 0 Å². The van der Waals surface area contributed by atoms with Crippen LogP contribution in [0.4, 0.5) is 4.39 Å². The average molecular weight is 279 g/mol. The van der Waals surface area contributed by atoms with Gasteiger partial charge in [0.1, 0.15) is 5.82 Å². The van der Waals surface area contributed by atoms with Gasteiger partial charge in [-0.3, -0.25) is 4.90 Å². The molecule has 3 unspecified atom stereocenters. The van der Waals surface area contributed by atoms with E-state index in [0.717, 1.165) is 31.6 Å². The minimum absolute atomic E-state index is 0.0346. The Morgan fingerprint density at radius 1 is 1.40 bits per heavy atom. The Labute approximate surface area is 121 Å². The van der Waals surface area contributed by atoms with Crippen LogP contribution in [0.25, 0.3) is 0 Å². The van der Waals surface area contributed by atoms with Gasteiger partial charge in [-0.05, 0) is 38.1 Å². The molecule has 0 radical (unpaired) electrons. The monoisotopic (exact) mass is 279 g/mol. The maximum absolute atomic E-state index is 13.5. The number of hydrogen-bond acceptors (Lipinski definition) is 3. The van der Waals surface area contributed by atoms with Gasteiger partial charge in [0.15, 0.2) is 0 Å². The van der Waals surface area contributed by atoms with Crippen molar-refractivity contribution in [2.45, 2.75) is 38.4 Å². The number of halogens is 1. The van der Waals surface area contributed by atoms with Crippen molar-refractivity contribution in [3.63, 3.8) is 0 Å². The summed E-state index contributed by atoms with van der Waals surface area (Å²) in [4.78, 5) is 4.77. The predicted octanol–water partition coefficient (Wildman–Crippen LogP) is 2.24. The molecule has 0 bridgehead atoms. The fourth-order valence-electron chi connectivity index (χ4n) is 2.97. The summed E-state index contributed by atoms with van der Waals surface area (Å²) in [6.07, 6.45) is 0.891. The summed E-state index contributed by atoms with van der Waals surface area (Å²) in [5, 5.41) is 0. The van der Waals surface area contributed by atoms with Crippen molar-refractivity contribution >= 4 is 0 Å². The first-order valence-electron chi connectivity index (χ1n) is 7.48. The van der Waals surface area contributed by atoms with E-state index in [9.17, 15) is 4.39 Å². The second-order valence-electron chi connectivity index (χ2n) is 5.90. The van der Waals surface area contributed by atoms with Crippen molar-refractivity contribution in [3.05, 3.63) is 35.6 Å². The summed E-state index contributed by atoms with van der Waals surface area (Å²) in [5.41, 5.74) is 7.33. The molecule has 0 saturated carbocycles. The van der Waals surface area contributed by atoms with Crippen molar-refractivity contribution in [1.29, 1.82) is 0 Å². The minimum atomic E-state index is -0.182. The first kappa shape index (κ1) is 15.4. The van der Waals surface area contributed by atoms with Crippen LogP contribution in [0.15, 0.2) is 24.3 Å². The van der Waals surface area contributed by atoms with Crippen LogP contribution in [0, 0.1) is 5.82 Å². The average Bonchev–Trinajstić information content (AvgIpc) is 2.43. The van der Waals surface area contributed by atoms with Crippen LogP contribution in [0.5, 0.6) is 0 Å². The lowest BCUT2D eigenvalue weighted by Gasteiger charge is -2.43. The van der Waals surface area contributed by atoms with E-state index in [4.69, 9.17) is 5.73 Å². The molecule has 1 aliphatic rings. The molecule has 1 aromatic rings. The van der Waals surface area contributed by atoms with Crippen LogP contribution >= 0.6 is 0 Å². The zero-order valence-corrected chi connectivity index (χ0v) is 12.7. The summed E-state index contributed by atoms with van der Waals surface area (Å²) in [7, 11) is 2.15. The molecule has 1 fully saturated rings. The quantitative estimate of drug-likeness (QED) is 0.917. The Kier molecular flexibility index (Phi) is 5.13. The number of nitrogens with zero attached hydrogens (tertiary/aromatic N) is 2. The zero-order valence-electron chi connectivity index (χ0n) is 12.7. The Morgan fingerprint density at radius 3 is 2.75 bits per heavy atom. The fraction of sp³-hybridized carbons (Fsp3) is 0.625. The van der Waals surface area contributed by atoms with Crippen LogP contribution in [0.1, 0.15) is 31.9 Å². The molecule has 3 nitrogen and oxygen atoms in total. The molecule has 0 amide bonds. The van der Waals surface area contributed by atoms with Crippen LogP contribution in [-0.4, -0.2) is 48.6 Å². The first-order valence-corrected chi connectivity index (χ1v) is 7.48. The highest BCUT2D eigenvalue weighted by Gasteiger charge is 2.30. The zero-order chi connectivity index (χ0) is 14.7. The smallest absolute Gasteiger partial charge is 0.123 e. The van der Waals surface area contributed by atoms with Gasteiger partial charge in [-0.15, -0.1) is 0 Å². The van der Waals surface area contributed by atoms with Gasteiger partial charge in [-0.2, -0.15) is 0 Å². The molecule has 2 N–H and O–H groups in total. The number of rotatable bonds is 4. The van der Waals surface area contributed by atoms with E-state index in [0.29, 0.717) is 6.04 Å². The Hall–Kier alpha value is -0.970. The molecule has 2 rings (SSSR count). The molecule has 0 aliphatic carbocycles. The number of hydrogen-bond donors (Lipinski definition) is 1. The van der Waals surface area contributed by atoms with Gasteiger partial charge in [-0.1, -0.05) is 19.1 Å². The van der Waals surface area contributed by atoms with Gasteiger partial charge in [0.05, 0.1) is 6.04 Å². The van der Waals surface area contributed by atoms with Gasteiger partial charge < -0.3 is 10.6 Å². The highest BCUT2D eigenvalue weighted by molar-refractivity contribution is 5.22. The van der Waals surface area contributed by atoms with Gasteiger partial charge in [0.25, 0.3) is 0 Å². The Morgan fingerprint density at radius 2 is 2.15 bits per heavy atom. The minimum Gasteiger partial charge on any atom is -0.326 e. The normalized spacial score (nSPS) is 24.6. The van der Waals surface area contributed by atoms with E-state index in [2.05, 4.69) is 30.7 Å². The van der Waals surface area contributed by atoms with E-state index in [-0.39, 0.29) is 17.9 Å². The van der Waals surface area contributed by atoms with Gasteiger partial charge in [-0.25, -0.2) is 4.39 Å². The maximum atomic E-state index is 13.5. The molecule has 1 saturated heterocycles. The van der Waals surface area contributed by atoms with Crippen LogP contribution in [0.2, 0.25) is 0 Å². The van der Waals surface area contributed by atoms with E-state index in [1.54, 1.807) is 12.1 Å². The van der Waals surface area contributed by atoms with E-state index in [1.165, 1.54) is 6.07 Å². The standard InChI is InChI=1S/C16H26FN3/c1-4-15(18)16(13-6-5-7-14(17)10-13)20-9-8-19(3)12(2)11-20/h5-7,10,12,15-16H,4,8-9,11,18H2,1-3H3. The second-order valence-corrected chi connectivity index (χ2v) is 5.90. The van der Waals surface area contributed by atoms with Crippen molar-refractivity contribution in [2.75, 3.05) is 26.7 Å². The van der Waals surface area contributed by atoms with E-state index >= 15 is 0 Å². The van der Waals surface area contributed by atoms with Crippen LogP contribution in [-0.2, 0) is 0 Å². The third-order valence-corrected chi connectivity index (χ3v) is 4.45. The van der Waals surface area contributed by atoms with Crippen molar-refractivity contribution in [3.8, 4) is 0 Å². The molecule has 112 valence electrons. The topological polar surface area (TPSA) is 32.5 Å². The summed E-state index contributed by atoms with van der Waals surface area (Å²) in [6.45, 7) is 7.31. The molecule has 4 heteroatoms. The van der Waals surface area contributed by atoms with Crippen molar-refractivity contribution < 1.29 is 4.39 Å². The Bertz CT molecular complexity index is 437. The Balaban J connectivity index is 2.24. The molecule has 0 aromatic heterocycles. The third-order valence-electron chi connectivity index (χ3n) is 4.45. The SMILES string of the molecule is CCC(N)C(c1cccc(F)c1)N1CCN(C)C(C)C1. The van der Waals surface area contributed by atoms with Crippen molar-refractivity contribution in [1.82, 2.24) is 9.80 Å². The van der Waals surface area contributed by atoms with Crippen molar-refractivity contribution in [2.24, 2.45) is 5.73 Å². The highest BCUT2D eigenvalue weighted by atomic mass is 19.1. The molecular formula is C16H26FN3. The maximum Gasteiger partial charge on any atom is 0.123 e. The molecule has 20 heavy (non-hydrogen) atoms. The van der Waals surface area contributed by atoms with Crippen LogP contribution in [0.3, 0.4) is 0 Å². The van der Waals surface area contributed by atoms with Crippen LogP contribution < -0.4 is 5.73 Å². The first-order chi connectivity index (χ1) is 9.52. The lowest BCUT2D eigenvalue weighted by molar-refractivity contribution is 0.0610. The number of likely N-dealkylation sites (N-methyl/N-ethyl adjacent to an activating group) is 1. The molecular weight excluding hydrogens is 253 g/mol. The predicted molar refractivity (Wildman–Crippen MR) is 81.1 cm³/mol. The second kappa shape index (κ2) is 6.66. The summed E-state index contributed by atoms with van der Waals surface area (Å²) < 4.78 is 13.5. The van der Waals surface area contributed by atoms with Gasteiger partial charge in [0, 0.05) is 31.7 Å². The summed E-state index contributed by atoms with van der Waals surface area (Å²) in [5.74, 6) is -0.182. The summed E-state index contributed by atoms with van der Waals surface area (Å²) >= 11 is 0. The molecule has 3 atom stereocenters. The molecule has 1 aromatic carbocycles. The summed E-state index contributed by atoms with van der Waals surface area (Å²) in [6, 6.07) is 7.53. The molecule has 1 heterocycles. The van der Waals surface area contributed by atoms with E-state index < -0.39 is 0 Å². The fourth-order valence-corrected chi connectivity index (χ4v) is 2.97. The molecule has 0 spiro atoms. The van der Waals surface area contributed by atoms with Gasteiger partial charge >= 0.3 is 0 Å². The lowest BCUT2D eigenvalue weighted by atomic mass is 9.95. The number of benzene rings is 1. The lowest BCUT2D eigenvalue weighted by Crippen LogP contribution is -2.54. The molecule has 1 aliphatic heterocycles. The third kappa shape index (κ3) is 3.37. The highest BCUT2D eigenvalue weighted by Crippen LogP contribution is 2.27. The number of piperazine rings is 1.